The SMILES string of the molecule is CCCP(Oc1ccc(OCCCC(C)(C)C(=O)OCC)cc1)(c1ccccc1)(c1ccccc1)c1ccccc1. The normalized spacial score (nSPS) is 12.6. The molecule has 0 unspecified atom stereocenters. The maximum absolute atomic E-state index is 12.2. The van der Waals surface area contributed by atoms with Gasteiger partial charge in [-0.2, -0.15) is 0 Å². The van der Waals surface area contributed by atoms with Crippen molar-refractivity contribution in [2.24, 2.45) is 5.41 Å². The Bertz CT molecular complexity index is 1270. The van der Waals surface area contributed by atoms with E-state index in [2.05, 4.69) is 97.9 Å². The third kappa shape index (κ3) is 6.34. The maximum atomic E-state index is 12.2. The van der Waals surface area contributed by atoms with Crippen molar-refractivity contribution >= 4 is 28.7 Å². The summed E-state index contributed by atoms with van der Waals surface area (Å²) in [6, 6.07) is 40.2. The molecular weight excluding hydrogens is 527 g/mol. The molecule has 0 aliphatic rings. The zero-order chi connectivity index (χ0) is 29.2. The number of carbonyl (C=O) groups is 1. The van der Waals surface area contributed by atoms with Crippen LogP contribution in [0, 0.1) is 5.41 Å². The third-order valence-electron chi connectivity index (χ3n) is 7.73. The number of esters is 1. The fourth-order valence-electron chi connectivity index (χ4n) is 5.66. The first-order valence-corrected chi connectivity index (χ1v) is 17.0. The molecule has 0 aliphatic carbocycles. The second-order valence-corrected chi connectivity index (χ2v) is 15.7. The second kappa shape index (κ2) is 13.4. The van der Waals surface area contributed by atoms with Crippen molar-refractivity contribution in [1.82, 2.24) is 0 Å². The first-order valence-electron chi connectivity index (χ1n) is 14.6. The monoisotopic (exact) mass is 570 g/mol. The predicted molar refractivity (Wildman–Crippen MR) is 173 cm³/mol. The number of benzene rings is 4. The topological polar surface area (TPSA) is 44.8 Å². The standard InChI is InChI=1S/C36H43O4P/c1-5-29-41(32-17-10-7-11-18-32,33-19-12-8-13-20-33,34-21-14-9-15-22-34)40-31-25-23-30(24-26-31)39-28-16-27-36(3,4)35(37)38-6-2/h7-15,17-26H,5-6,16,27-29H2,1-4H3. The van der Waals surface area contributed by atoms with Gasteiger partial charge in [-0.25, -0.2) is 0 Å². The Morgan fingerprint density at radius 2 is 1.15 bits per heavy atom. The summed E-state index contributed by atoms with van der Waals surface area (Å²) >= 11 is 0. The molecule has 0 saturated carbocycles. The van der Waals surface area contributed by atoms with E-state index < -0.39 is 12.2 Å². The van der Waals surface area contributed by atoms with Gasteiger partial charge in [0.2, 0.25) is 0 Å². The van der Waals surface area contributed by atoms with Gasteiger partial charge in [0.05, 0.1) is 6.61 Å². The molecule has 0 N–H and O–H groups in total. The van der Waals surface area contributed by atoms with Crippen LogP contribution in [-0.4, -0.2) is 25.3 Å². The molecule has 0 saturated heterocycles. The van der Waals surface area contributed by atoms with Crippen LogP contribution in [0.2, 0.25) is 0 Å². The van der Waals surface area contributed by atoms with E-state index in [9.17, 15) is 4.79 Å². The molecule has 5 heteroatoms. The van der Waals surface area contributed by atoms with Gasteiger partial charge in [-0.3, -0.25) is 0 Å². The van der Waals surface area contributed by atoms with Gasteiger partial charge < -0.3 is 0 Å². The van der Waals surface area contributed by atoms with Crippen molar-refractivity contribution in [3.63, 3.8) is 0 Å². The van der Waals surface area contributed by atoms with E-state index in [1.165, 1.54) is 15.9 Å². The van der Waals surface area contributed by atoms with E-state index in [-0.39, 0.29) is 5.97 Å². The molecule has 4 nitrogen and oxygen atoms in total. The minimum atomic E-state index is -3.41. The van der Waals surface area contributed by atoms with Crippen LogP contribution in [0.15, 0.2) is 115 Å². The summed E-state index contributed by atoms with van der Waals surface area (Å²) in [6.07, 6.45) is 3.29. The van der Waals surface area contributed by atoms with Gasteiger partial charge in [-0.05, 0) is 6.92 Å². The Hall–Kier alpha value is -3.62. The minimum absolute atomic E-state index is 0.162. The van der Waals surface area contributed by atoms with Crippen LogP contribution in [0.25, 0.3) is 0 Å². The molecule has 0 fully saturated rings. The Morgan fingerprint density at radius 1 is 0.683 bits per heavy atom. The van der Waals surface area contributed by atoms with Crippen molar-refractivity contribution in [3.8, 4) is 11.5 Å². The zero-order valence-corrected chi connectivity index (χ0v) is 25.7. The fraction of sp³-hybridized carbons (Fsp3) is 0.306. The van der Waals surface area contributed by atoms with Gasteiger partial charge in [-0.15, -0.1) is 0 Å². The average Bonchev–Trinajstić information content (AvgIpc) is 3.01. The van der Waals surface area contributed by atoms with Crippen LogP contribution in [0.4, 0.5) is 0 Å². The summed E-state index contributed by atoms with van der Waals surface area (Å²) in [5.41, 5.74) is -0.523. The molecule has 0 radical (unpaired) electrons. The molecule has 0 bridgehead atoms. The van der Waals surface area contributed by atoms with Crippen LogP contribution in [0.1, 0.15) is 47.0 Å². The van der Waals surface area contributed by atoms with Gasteiger partial charge in [0.1, 0.15) is 0 Å². The molecule has 4 aromatic rings. The van der Waals surface area contributed by atoms with Crippen molar-refractivity contribution in [1.29, 1.82) is 0 Å². The van der Waals surface area contributed by atoms with Crippen molar-refractivity contribution < 1.29 is 18.8 Å². The number of carbonyl (C=O) groups excluding carboxylic acids is 1. The van der Waals surface area contributed by atoms with E-state index in [1.54, 1.807) is 0 Å². The van der Waals surface area contributed by atoms with Gasteiger partial charge in [0, 0.05) is 0 Å². The summed E-state index contributed by atoms with van der Waals surface area (Å²) in [7, 11) is 0. The Morgan fingerprint density at radius 3 is 1.59 bits per heavy atom. The van der Waals surface area contributed by atoms with Gasteiger partial charge in [0.15, 0.2) is 0 Å². The number of rotatable bonds is 14. The molecule has 0 heterocycles. The molecule has 216 valence electrons. The van der Waals surface area contributed by atoms with E-state index in [4.69, 9.17) is 14.0 Å². The Balaban J connectivity index is 1.66. The summed E-state index contributed by atoms with van der Waals surface area (Å²) < 4.78 is 18.7. The molecule has 0 aromatic heterocycles. The number of hydrogen-bond donors (Lipinski definition) is 0. The summed E-state index contributed by atoms with van der Waals surface area (Å²) in [4.78, 5) is 12.2. The number of hydrogen-bond acceptors (Lipinski definition) is 4. The summed E-state index contributed by atoms with van der Waals surface area (Å²) in [5.74, 6) is 1.43. The summed E-state index contributed by atoms with van der Waals surface area (Å²) in [6.45, 7) is 5.42. The van der Waals surface area contributed by atoms with E-state index in [1.807, 2.05) is 45.0 Å². The first kappa shape index (κ1) is 30.3. The predicted octanol–water partition coefficient (Wildman–Crippen LogP) is 7.67. The fourth-order valence-corrected chi connectivity index (χ4v) is 11.6. The van der Waals surface area contributed by atoms with E-state index in [0.29, 0.717) is 19.6 Å². The van der Waals surface area contributed by atoms with E-state index >= 15 is 0 Å². The molecule has 0 amide bonds. The Labute approximate surface area is 245 Å². The van der Waals surface area contributed by atoms with E-state index in [0.717, 1.165) is 30.5 Å². The molecule has 0 atom stereocenters. The molecule has 4 aromatic carbocycles. The second-order valence-electron chi connectivity index (χ2n) is 11.1. The van der Waals surface area contributed by atoms with Crippen LogP contribution in [0.3, 0.4) is 0 Å². The van der Waals surface area contributed by atoms with Gasteiger partial charge >= 0.3 is 232 Å². The van der Waals surface area contributed by atoms with Crippen molar-refractivity contribution in [2.45, 2.75) is 47.0 Å². The average molecular weight is 571 g/mol. The number of ether oxygens (including phenoxy) is 2. The summed E-state index contributed by atoms with van der Waals surface area (Å²) in [5, 5.41) is 3.63. The van der Waals surface area contributed by atoms with Gasteiger partial charge in [-0.1, -0.05) is 0 Å². The zero-order valence-electron chi connectivity index (χ0n) is 24.8. The molecule has 4 rings (SSSR count). The molecular formula is C36H43O4P. The third-order valence-corrected chi connectivity index (χ3v) is 13.8. The van der Waals surface area contributed by atoms with Crippen LogP contribution >= 0.6 is 6.83 Å². The molecule has 0 spiro atoms. The van der Waals surface area contributed by atoms with Crippen LogP contribution in [0.5, 0.6) is 11.5 Å². The van der Waals surface area contributed by atoms with Gasteiger partial charge in [0.25, 0.3) is 0 Å². The van der Waals surface area contributed by atoms with Crippen LogP contribution < -0.4 is 25.2 Å². The van der Waals surface area contributed by atoms with Crippen molar-refractivity contribution in [3.05, 3.63) is 115 Å². The molecule has 41 heavy (non-hydrogen) atoms. The quantitative estimate of drug-likeness (QED) is 0.0887. The molecule has 0 aliphatic heterocycles. The van der Waals surface area contributed by atoms with Crippen molar-refractivity contribution in [2.75, 3.05) is 19.4 Å². The first-order chi connectivity index (χ1) is 19.8. The van der Waals surface area contributed by atoms with Crippen LogP contribution in [-0.2, 0) is 9.53 Å². The Kier molecular flexibility index (Phi) is 9.89.